The molecule has 0 aliphatic rings. The van der Waals surface area contributed by atoms with Crippen LogP contribution in [0.5, 0.6) is 0 Å². The highest BCUT2D eigenvalue weighted by Gasteiger charge is 2.27. The lowest BCUT2D eigenvalue weighted by Gasteiger charge is -2.22. The number of rotatable bonds is 6. The molecule has 2 atom stereocenters. The number of anilines is 1. The van der Waals surface area contributed by atoms with Crippen molar-refractivity contribution in [3.05, 3.63) is 77.6 Å². The summed E-state index contributed by atoms with van der Waals surface area (Å²) in [5.41, 5.74) is 4.78. The number of carboxylic acid groups (broad SMARTS) is 1. The summed E-state index contributed by atoms with van der Waals surface area (Å²) in [6.07, 6.45) is 0. The molecular weight excluding hydrogens is 338 g/mol. The Bertz CT molecular complexity index is 904. The summed E-state index contributed by atoms with van der Waals surface area (Å²) in [6, 6.07) is 19.1. The van der Waals surface area contributed by atoms with Crippen LogP contribution >= 0.6 is 0 Å². The first kappa shape index (κ1) is 18.6. The molecule has 0 amide bonds. The van der Waals surface area contributed by atoms with E-state index in [9.17, 15) is 9.90 Å². The molecule has 138 valence electrons. The lowest BCUT2D eigenvalue weighted by Crippen LogP contribution is -2.35. The SMILES string of the molecule is Cc1cc(C)nc(NC(C(=O)O)C(C)c2ccc(-c3ccccc3)cc2)n1. The van der Waals surface area contributed by atoms with Crippen LogP contribution in [-0.2, 0) is 4.79 Å². The van der Waals surface area contributed by atoms with Crippen molar-refractivity contribution in [3.8, 4) is 11.1 Å². The number of carboxylic acids is 1. The Morgan fingerprint density at radius 2 is 1.48 bits per heavy atom. The summed E-state index contributed by atoms with van der Waals surface area (Å²) in [4.78, 5) is 20.5. The molecule has 0 radical (unpaired) electrons. The molecule has 1 heterocycles. The Morgan fingerprint density at radius 3 is 2.04 bits per heavy atom. The highest BCUT2D eigenvalue weighted by atomic mass is 16.4. The van der Waals surface area contributed by atoms with Crippen LogP contribution in [0.4, 0.5) is 5.95 Å². The van der Waals surface area contributed by atoms with E-state index in [1.165, 1.54) is 0 Å². The number of nitrogens with zero attached hydrogens (tertiary/aromatic N) is 2. The molecule has 2 aromatic carbocycles. The molecule has 3 aromatic rings. The first-order valence-electron chi connectivity index (χ1n) is 8.91. The number of carbonyl (C=O) groups is 1. The fourth-order valence-electron chi connectivity index (χ4n) is 3.13. The van der Waals surface area contributed by atoms with Crippen molar-refractivity contribution in [1.82, 2.24) is 9.97 Å². The molecule has 3 rings (SSSR count). The number of nitrogens with one attached hydrogen (secondary N) is 1. The van der Waals surface area contributed by atoms with Gasteiger partial charge >= 0.3 is 5.97 Å². The number of aliphatic carboxylic acids is 1. The summed E-state index contributed by atoms with van der Waals surface area (Å²) >= 11 is 0. The third-order valence-electron chi connectivity index (χ3n) is 4.58. The van der Waals surface area contributed by atoms with E-state index >= 15 is 0 Å². The maximum atomic E-state index is 11.9. The molecule has 27 heavy (non-hydrogen) atoms. The van der Waals surface area contributed by atoms with Crippen molar-refractivity contribution < 1.29 is 9.90 Å². The summed E-state index contributed by atoms with van der Waals surface area (Å²) in [5.74, 6) is -0.846. The van der Waals surface area contributed by atoms with Gasteiger partial charge in [0.1, 0.15) is 6.04 Å². The normalized spacial score (nSPS) is 13.0. The third kappa shape index (κ3) is 4.50. The fourth-order valence-corrected chi connectivity index (χ4v) is 3.13. The standard InChI is InChI=1S/C22H23N3O2/c1-14-13-15(2)24-22(23-14)25-20(21(26)27)16(3)17-9-11-19(12-10-17)18-7-5-4-6-8-18/h4-13,16,20H,1-3H3,(H,26,27)(H,23,24,25). The predicted molar refractivity (Wildman–Crippen MR) is 107 cm³/mol. The second-order valence-corrected chi connectivity index (χ2v) is 6.71. The van der Waals surface area contributed by atoms with Gasteiger partial charge in [-0.2, -0.15) is 0 Å². The summed E-state index contributed by atoms with van der Waals surface area (Å²) in [6.45, 7) is 5.62. The molecule has 2 unspecified atom stereocenters. The van der Waals surface area contributed by atoms with Gasteiger partial charge in [-0.15, -0.1) is 0 Å². The second kappa shape index (κ2) is 7.99. The molecule has 2 N–H and O–H groups in total. The van der Waals surface area contributed by atoms with Crippen LogP contribution in [0.25, 0.3) is 11.1 Å². The van der Waals surface area contributed by atoms with E-state index in [1.54, 1.807) is 0 Å². The average molecular weight is 361 g/mol. The van der Waals surface area contributed by atoms with Crippen LogP contribution in [0.2, 0.25) is 0 Å². The average Bonchev–Trinajstić information content (AvgIpc) is 2.65. The zero-order chi connectivity index (χ0) is 19.4. The smallest absolute Gasteiger partial charge is 0.326 e. The molecule has 0 saturated heterocycles. The van der Waals surface area contributed by atoms with Crippen LogP contribution < -0.4 is 5.32 Å². The minimum Gasteiger partial charge on any atom is -0.480 e. The molecule has 0 bridgehead atoms. The van der Waals surface area contributed by atoms with Gasteiger partial charge in [-0.1, -0.05) is 61.5 Å². The van der Waals surface area contributed by atoms with E-state index in [1.807, 2.05) is 69.3 Å². The molecular formula is C22H23N3O2. The largest absolute Gasteiger partial charge is 0.480 e. The Morgan fingerprint density at radius 1 is 0.926 bits per heavy atom. The van der Waals surface area contributed by atoms with Gasteiger partial charge in [0.2, 0.25) is 5.95 Å². The zero-order valence-electron chi connectivity index (χ0n) is 15.7. The number of aromatic nitrogens is 2. The van der Waals surface area contributed by atoms with E-state index in [-0.39, 0.29) is 5.92 Å². The van der Waals surface area contributed by atoms with Crippen LogP contribution in [0, 0.1) is 13.8 Å². The number of hydrogen-bond acceptors (Lipinski definition) is 4. The van der Waals surface area contributed by atoms with Gasteiger partial charge in [-0.3, -0.25) is 0 Å². The predicted octanol–water partition coefficient (Wildman–Crippen LogP) is 4.43. The van der Waals surface area contributed by atoms with Gasteiger partial charge in [0.25, 0.3) is 0 Å². The van der Waals surface area contributed by atoms with Gasteiger partial charge in [0, 0.05) is 17.3 Å². The minimum atomic E-state index is -0.933. The van der Waals surface area contributed by atoms with Crippen molar-refractivity contribution in [2.45, 2.75) is 32.7 Å². The van der Waals surface area contributed by atoms with E-state index in [0.29, 0.717) is 5.95 Å². The Labute approximate surface area is 159 Å². The summed E-state index contributed by atoms with van der Waals surface area (Å²) in [5, 5.41) is 12.7. The fraction of sp³-hybridized carbons (Fsp3) is 0.227. The summed E-state index contributed by atoms with van der Waals surface area (Å²) in [7, 11) is 0. The van der Waals surface area contributed by atoms with E-state index in [2.05, 4.69) is 27.4 Å². The molecule has 5 heteroatoms. The molecule has 0 saturated carbocycles. The maximum Gasteiger partial charge on any atom is 0.326 e. The van der Waals surface area contributed by atoms with E-state index < -0.39 is 12.0 Å². The van der Waals surface area contributed by atoms with Gasteiger partial charge in [-0.05, 0) is 36.6 Å². The van der Waals surface area contributed by atoms with Crippen molar-refractivity contribution in [1.29, 1.82) is 0 Å². The van der Waals surface area contributed by atoms with Crippen LogP contribution in [0.1, 0.15) is 29.8 Å². The van der Waals surface area contributed by atoms with Gasteiger partial charge in [0.15, 0.2) is 0 Å². The highest BCUT2D eigenvalue weighted by molar-refractivity contribution is 5.78. The molecule has 5 nitrogen and oxygen atoms in total. The highest BCUT2D eigenvalue weighted by Crippen LogP contribution is 2.26. The van der Waals surface area contributed by atoms with Crippen molar-refractivity contribution in [2.75, 3.05) is 5.32 Å². The maximum absolute atomic E-state index is 11.9. The molecule has 0 aliphatic carbocycles. The topological polar surface area (TPSA) is 75.1 Å². The van der Waals surface area contributed by atoms with Crippen molar-refractivity contribution in [2.24, 2.45) is 0 Å². The van der Waals surface area contributed by atoms with E-state index in [4.69, 9.17) is 0 Å². The zero-order valence-corrected chi connectivity index (χ0v) is 15.7. The lowest BCUT2D eigenvalue weighted by atomic mass is 9.91. The van der Waals surface area contributed by atoms with Crippen LogP contribution in [-0.4, -0.2) is 27.1 Å². The Balaban J connectivity index is 1.82. The Kier molecular flexibility index (Phi) is 5.50. The van der Waals surface area contributed by atoms with Gasteiger partial charge in [-0.25, -0.2) is 14.8 Å². The van der Waals surface area contributed by atoms with Gasteiger partial charge in [0.05, 0.1) is 0 Å². The molecule has 0 fully saturated rings. The number of hydrogen-bond donors (Lipinski definition) is 2. The molecule has 0 spiro atoms. The monoisotopic (exact) mass is 361 g/mol. The third-order valence-corrected chi connectivity index (χ3v) is 4.58. The quantitative estimate of drug-likeness (QED) is 0.679. The summed E-state index contributed by atoms with van der Waals surface area (Å²) < 4.78 is 0. The van der Waals surface area contributed by atoms with Gasteiger partial charge < -0.3 is 10.4 Å². The second-order valence-electron chi connectivity index (χ2n) is 6.71. The lowest BCUT2D eigenvalue weighted by molar-refractivity contribution is -0.138. The molecule has 1 aromatic heterocycles. The van der Waals surface area contributed by atoms with Crippen LogP contribution in [0.3, 0.4) is 0 Å². The molecule has 0 aliphatic heterocycles. The first-order valence-corrected chi connectivity index (χ1v) is 8.91. The van der Waals surface area contributed by atoms with Crippen molar-refractivity contribution >= 4 is 11.9 Å². The number of aryl methyl sites for hydroxylation is 2. The van der Waals surface area contributed by atoms with Crippen molar-refractivity contribution in [3.63, 3.8) is 0 Å². The van der Waals surface area contributed by atoms with E-state index in [0.717, 1.165) is 28.1 Å². The van der Waals surface area contributed by atoms with Crippen LogP contribution in [0.15, 0.2) is 60.7 Å². The number of benzene rings is 2. The Hall–Kier alpha value is -3.21. The minimum absolute atomic E-state index is 0.253. The first-order chi connectivity index (χ1) is 12.9.